The Morgan fingerprint density at radius 3 is 2.64 bits per heavy atom. The number of carbonyl (C=O) groups is 1. The molecule has 2 aliphatic heterocycles. The Hall–Kier alpha value is -4.00. The second-order valence-electron chi connectivity index (χ2n) is 8.13. The third-order valence-electron chi connectivity index (χ3n) is 6.08. The van der Waals surface area contributed by atoms with Crippen molar-refractivity contribution in [3.8, 4) is 17.2 Å². The van der Waals surface area contributed by atoms with Crippen LogP contribution in [0.4, 0.5) is 0 Å². The number of hydrogen-bond acceptors (Lipinski definition) is 7. The number of fused-ring (bicyclic) bond motifs is 3. The first-order chi connectivity index (χ1) is 16.0. The van der Waals surface area contributed by atoms with E-state index in [4.69, 9.17) is 19.3 Å². The van der Waals surface area contributed by atoms with Gasteiger partial charge in [-0.1, -0.05) is 35.9 Å². The molecule has 1 N–H and O–H groups in total. The second-order valence-corrected chi connectivity index (χ2v) is 8.13. The topological polar surface area (TPSA) is 80.6 Å². The molecular weight excluding hydrogens is 420 g/mol. The summed E-state index contributed by atoms with van der Waals surface area (Å²) in [6.07, 6.45) is 0.0760. The molecule has 0 fully saturated rings. The Kier molecular flexibility index (Phi) is 5.17. The lowest BCUT2D eigenvalue weighted by molar-refractivity contribution is -0.0209. The predicted octanol–water partition coefficient (Wildman–Crippen LogP) is 4.74. The first-order valence-electron chi connectivity index (χ1n) is 10.7. The van der Waals surface area contributed by atoms with Crippen LogP contribution in [0.5, 0.6) is 17.2 Å². The van der Waals surface area contributed by atoms with E-state index in [0.717, 1.165) is 22.4 Å². The number of hydrazone groups is 1. The van der Waals surface area contributed by atoms with Crippen molar-refractivity contribution in [3.05, 3.63) is 88.5 Å². The Balaban J connectivity index is 1.60. The van der Waals surface area contributed by atoms with Gasteiger partial charge in [0.25, 0.3) is 0 Å². The molecule has 7 nitrogen and oxygen atoms in total. The number of aromatic hydroxyl groups is 1. The van der Waals surface area contributed by atoms with Crippen LogP contribution < -0.4 is 9.47 Å². The highest BCUT2D eigenvalue weighted by Crippen LogP contribution is 2.51. The summed E-state index contributed by atoms with van der Waals surface area (Å²) < 4.78 is 16.8. The molecule has 5 rings (SSSR count). The fraction of sp³-hybridized carbons (Fsp3) is 0.231. The number of phenolic OH excluding ortho intramolecular Hbond substituents is 1. The highest BCUT2D eigenvalue weighted by Gasteiger charge is 2.42. The molecule has 0 aromatic heterocycles. The largest absolute Gasteiger partial charge is 0.507 e. The Bertz CT molecular complexity index is 1250. The molecule has 2 atom stereocenters. The van der Waals surface area contributed by atoms with Crippen molar-refractivity contribution >= 4 is 11.7 Å². The molecule has 0 radical (unpaired) electrons. The maximum Gasteiger partial charge on any atom is 0.337 e. The van der Waals surface area contributed by atoms with Crippen molar-refractivity contribution in [2.45, 2.75) is 25.6 Å². The summed E-state index contributed by atoms with van der Waals surface area (Å²) in [5.41, 5.74) is 4.82. The molecule has 0 saturated heterocycles. The number of aryl methyl sites for hydroxylation is 1. The van der Waals surface area contributed by atoms with Crippen molar-refractivity contribution in [2.24, 2.45) is 5.10 Å². The lowest BCUT2D eigenvalue weighted by Crippen LogP contribution is -2.33. The van der Waals surface area contributed by atoms with Crippen LogP contribution in [-0.4, -0.2) is 36.0 Å². The molecule has 0 bridgehead atoms. The number of carbonyl (C=O) groups excluding carboxylic acids is 1. The molecule has 0 spiro atoms. The molecule has 0 unspecified atom stereocenters. The van der Waals surface area contributed by atoms with Gasteiger partial charge in [0.15, 0.2) is 11.5 Å². The molecule has 3 aromatic carbocycles. The highest BCUT2D eigenvalue weighted by molar-refractivity contribution is 6.04. The summed E-state index contributed by atoms with van der Waals surface area (Å²) in [6, 6.07) is 18.3. The van der Waals surface area contributed by atoms with Gasteiger partial charge in [-0.05, 0) is 37.3 Å². The van der Waals surface area contributed by atoms with Crippen molar-refractivity contribution in [3.63, 3.8) is 0 Å². The number of methoxy groups -OCH3 is 2. The summed E-state index contributed by atoms with van der Waals surface area (Å²) >= 11 is 0. The summed E-state index contributed by atoms with van der Waals surface area (Å²) in [7, 11) is 2.97. The minimum atomic E-state index is -0.532. The molecule has 3 aromatic rings. The average molecular weight is 444 g/mol. The predicted molar refractivity (Wildman–Crippen MR) is 123 cm³/mol. The number of hydrogen-bond donors (Lipinski definition) is 1. The third-order valence-corrected chi connectivity index (χ3v) is 6.08. The minimum absolute atomic E-state index is 0.0935. The van der Waals surface area contributed by atoms with Gasteiger partial charge >= 0.3 is 5.97 Å². The molecule has 0 saturated carbocycles. The van der Waals surface area contributed by atoms with Gasteiger partial charge in [0.1, 0.15) is 5.75 Å². The standard InChI is InChI=1S/C26H24N2O5/c1-15-7-12-22(29)19(13-15)20-14-21-18-5-4-6-23(31-2)24(18)33-25(28(21)27-20)16-8-10-17(11-9-16)26(30)32-3/h4-13,21,25,29H,14H2,1-3H3/t21-,25-/m1/s1. The van der Waals surface area contributed by atoms with E-state index >= 15 is 0 Å². The normalized spacial score (nSPS) is 18.6. The summed E-state index contributed by atoms with van der Waals surface area (Å²) in [6.45, 7) is 1.99. The Labute approximate surface area is 191 Å². The van der Waals surface area contributed by atoms with Gasteiger partial charge in [-0.3, -0.25) is 0 Å². The van der Waals surface area contributed by atoms with Gasteiger partial charge in [0.2, 0.25) is 6.23 Å². The van der Waals surface area contributed by atoms with Crippen LogP contribution >= 0.6 is 0 Å². The number of rotatable bonds is 4. The molecule has 0 aliphatic carbocycles. The van der Waals surface area contributed by atoms with Crippen molar-refractivity contribution in [1.82, 2.24) is 5.01 Å². The Morgan fingerprint density at radius 1 is 1.12 bits per heavy atom. The third kappa shape index (κ3) is 3.55. The smallest absolute Gasteiger partial charge is 0.337 e. The van der Waals surface area contributed by atoms with E-state index in [0.29, 0.717) is 29.0 Å². The van der Waals surface area contributed by atoms with Gasteiger partial charge in [0, 0.05) is 23.1 Å². The zero-order valence-corrected chi connectivity index (χ0v) is 18.6. The van der Waals surface area contributed by atoms with Gasteiger partial charge in [-0.25, -0.2) is 9.80 Å². The van der Waals surface area contributed by atoms with E-state index in [1.807, 2.05) is 54.4 Å². The zero-order chi connectivity index (χ0) is 23.1. The van der Waals surface area contributed by atoms with Crippen LogP contribution in [0.15, 0.2) is 65.8 Å². The zero-order valence-electron chi connectivity index (χ0n) is 18.6. The molecule has 33 heavy (non-hydrogen) atoms. The number of ether oxygens (including phenoxy) is 3. The van der Waals surface area contributed by atoms with E-state index in [9.17, 15) is 9.90 Å². The van der Waals surface area contributed by atoms with Crippen LogP contribution in [0, 0.1) is 6.92 Å². The monoisotopic (exact) mass is 444 g/mol. The van der Waals surface area contributed by atoms with E-state index in [1.165, 1.54) is 7.11 Å². The highest BCUT2D eigenvalue weighted by atomic mass is 16.5. The van der Waals surface area contributed by atoms with Crippen molar-refractivity contribution in [1.29, 1.82) is 0 Å². The molecule has 2 aliphatic rings. The molecule has 168 valence electrons. The van der Waals surface area contributed by atoms with Crippen LogP contribution in [0.2, 0.25) is 0 Å². The molecule has 7 heteroatoms. The number of phenols is 1. The maximum atomic E-state index is 11.9. The quantitative estimate of drug-likeness (QED) is 0.586. The van der Waals surface area contributed by atoms with Gasteiger partial charge in [-0.15, -0.1) is 0 Å². The lowest BCUT2D eigenvalue weighted by Gasteiger charge is -2.38. The first kappa shape index (κ1) is 20.9. The van der Waals surface area contributed by atoms with E-state index < -0.39 is 12.2 Å². The fourth-order valence-electron chi connectivity index (χ4n) is 4.41. The maximum absolute atomic E-state index is 11.9. The summed E-state index contributed by atoms with van der Waals surface area (Å²) in [5, 5.41) is 17.3. The summed E-state index contributed by atoms with van der Waals surface area (Å²) in [5.74, 6) is 1.13. The van der Waals surface area contributed by atoms with Crippen LogP contribution in [0.1, 0.15) is 51.3 Å². The van der Waals surface area contributed by atoms with E-state index in [1.54, 1.807) is 25.3 Å². The average Bonchev–Trinajstić information content (AvgIpc) is 3.29. The molecule has 2 heterocycles. The second kappa shape index (κ2) is 8.16. The van der Waals surface area contributed by atoms with Gasteiger partial charge < -0.3 is 19.3 Å². The number of para-hydroxylation sites is 1. The van der Waals surface area contributed by atoms with Crippen molar-refractivity contribution in [2.75, 3.05) is 14.2 Å². The minimum Gasteiger partial charge on any atom is -0.507 e. The van der Waals surface area contributed by atoms with E-state index in [-0.39, 0.29) is 11.8 Å². The van der Waals surface area contributed by atoms with Crippen LogP contribution in [0.3, 0.4) is 0 Å². The number of esters is 1. The Morgan fingerprint density at radius 2 is 1.91 bits per heavy atom. The summed E-state index contributed by atoms with van der Waals surface area (Å²) in [4.78, 5) is 11.9. The molecular formula is C26H24N2O5. The molecule has 0 amide bonds. The van der Waals surface area contributed by atoms with Crippen molar-refractivity contribution < 1.29 is 24.1 Å². The SMILES string of the molecule is COC(=O)c1ccc([C@H]2Oc3c(OC)cccc3[C@H]3CC(c4cc(C)ccc4O)=NN32)cc1. The van der Waals surface area contributed by atoms with E-state index in [2.05, 4.69) is 0 Å². The van der Waals surface area contributed by atoms with Crippen LogP contribution in [0.25, 0.3) is 0 Å². The van der Waals surface area contributed by atoms with Gasteiger partial charge in [-0.2, -0.15) is 5.10 Å². The lowest BCUT2D eigenvalue weighted by atomic mass is 9.94. The van der Waals surface area contributed by atoms with Crippen LogP contribution in [-0.2, 0) is 4.74 Å². The fourth-order valence-corrected chi connectivity index (χ4v) is 4.41. The number of benzene rings is 3. The van der Waals surface area contributed by atoms with Gasteiger partial charge in [0.05, 0.1) is 31.5 Å². The number of nitrogens with zero attached hydrogens (tertiary/aromatic N) is 2. The first-order valence-corrected chi connectivity index (χ1v) is 10.7.